The third kappa shape index (κ3) is 4.13. The van der Waals surface area contributed by atoms with Gasteiger partial charge < -0.3 is 5.11 Å². The molecular weight excluding hydrogens is 269 g/mol. The van der Waals surface area contributed by atoms with Crippen LogP contribution in [-0.2, 0) is 13.1 Å². The zero-order chi connectivity index (χ0) is 15.4. The summed E-state index contributed by atoms with van der Waals surface area (Å²) in [4.78, 5) is 13.1. The second-order valence-corrected chi connectivity index (χ2v) is 5.27. The molecule has 1 N–H and O–H groups in total. The van der Waals surface area contributed by atoms with Gasteiger partial charge in [-0.05, 0) is 43.3 Å². The molecule has 0 aliphatic heterocycles. The Morgan fingerprint density at radius 1 is 1.19 bits per heavy atom. The number of nitrogens with zero attached hydrogens (tertiary/aromatic N) is 1. The largest absolute Gasteiger partial charge is 0.478 e. The molecule has 0 radical (unpaired) electrons. The molecule has 21 heavy (non-hydrogen) atoms. The van der Waals surface area contributed by atoms with E-state index >= 15 is 0 Å². The van der Waals surface area contributed by atoms with Crippen LogP contribution in [0.1, 0.15) is 27.0 Å². The third-order valence-corrected chi connectivity index (χ3v) is 3.27. The zero-order valence-corrected chi connectivity index (χ0v) is 12.1. The second-order valence-electron chi connectivity index (χ2n) is 5.27. The summed E-state index contributed by atoms with van der Waals surface area (Å²) in [5.74, 6) is -1.45. The normalized spacial score (nSPS) is 10.9. The first-order valence-corrected chi connectivity index (χ1v) is 6.71. The van der Waals surface area contributed by atoms with Crippen molar-refractivity contribution >= 4 is 5.97 Å². The van der Waals surface area contributed by atoms with Gasteiger partial charge in [0.05, 0.1) is 5.56 Å². The molecule has 0 unspecified atom stereocenters. The first-order chi connectivity index (χ1) is 9.95. The van der Waals surface area contributed by atoms with Crippen LogP contribution in [0.4, 0.5) is 4.39 Å². The predicted molar refractivity (Wildman–Crippen MR) is 79.7 cm³/mol. The van der Waals surface area contributed by atoms with Gasteiger partial charge in [0.1, 0.15) is 5.82 Å². The van der Waals surface area contributed by atoms with Crippen LogP contribution in [0.2, 0.25) is 0 Å². The minimum atomic E-state index is -1.03. The van der Waals surface area contributed by atoms with Gasteiger partial charge in [0.15, 0.2) is 0 Å². The molecule has 2 rings (SSSR count). The minimum absolute atomic E-state index is 0.146. The summed E-state index contributed by atoms with van der Waals surface area (Å²) < 4.78 is 13.3. The molecule has 4 heteroatoms. The molecule has 0 atom stereocenters. The van der Waals surface area contributed by atoms with Gasteiger partial charge in [-0.3, -0.25) is 4.90 Å². The highest BCUT2D eigenvalue weighted by molar-refractivity contribution is 5.89. The average molecular weight is 287 g/mol. The van der Waals surface area contributed by atoms with Gasteiger partial charge in [-0.25, -0.2) is 9.18 Å². The summed E-state index contributed by atoms with van der Waals surface area (Å²) >= 11 is 0. The molecule has 3 nitrogen and oxygen atoms in total. The summed E-state index contributed by atoms with van der Waals surface area (Å²) in [6.07, 6.45) is 0. The highest BCUT2D eigenvalue weighted by Crippen LogP contribution is 2.15. The number of hydrogen-bond donors (Lipinski definition) is 1. The Kier molecular flexibility index (Phi) is 4.70. The van der Waals surface area contributed by atoms with Crippen LogP contribution in [-0.4, -0.2) is 23.0 Å². The van der Waals surface area contributed by atoms with Crippen LogP contribution in [0.3, 0.4) is 0 Å². The van der Waals surface area contributed by atoms with Gasteiger partial charge in [0.25, 0.3) is 0 Å². The summed E-state index contributed by atoms with van der Waals surface area (Å²) in [7, 11) is 1.89. The summed E-state index contributed by atoms with van der Waals surface area (Å²) in [5.41, 5.74) is 2.95. The molecule has 2 aromatic rings. The van der Waals surface area contributed by atoms with Crippen LogP contribution in [0.25, 0.3) is 0 Å². The predicted octanol–water partition coefficient (Wildman–Crippen LogP) is 3.46. The number of aryl methyl sites for hydroxylation is 1. The molecule has 0 fully saturated rings. The van der Waals surface area contributed by atoms with Crippen molar-refractivity contribution in [2.45, 2.75) is 20.0 Å². The fourth-order valence-electron chi connectivity index (χ4n) is 2.37. The maximum atomic E-state index is 13.3. The lowest BCUT2D eigenvalue weighted by atomic mass is 10.1. The summed E-state index contributed by atoms with van der Waals surface area (Å²) in [6.45, 7) is 3.09. The molecular formula is C17H18FNO2. The van der Waals surface area contributed by atoms with Crippen LogP contribution < -0.4 is 0 Å². The Balaban J connectivity index is 2.14. The lowest BCUT2D eigenvalue weighted by Crippen LogP contribution is -2.19. The number of aromatic carboxylic acids is 1. The average Bonchev–Trinajstić information content (AvgIpc) is 2.38. The molecule has 0 aliphatic carbocycles. The Hall–Kier alpha value is -2.20. The molecule has 0 saturated carbocycles. The highest BCUT2D eigenvalue weighted by Gasteiger charge is 2.13. The summed E-state index contributed by atoms with van der Waals surface area (Å²) in [6, 6.07) is 11.9. The molecule has 0 heterocycles. The molecule has 0 aromatic heterocycles. The summed E-state index contributed by atoms with van der Waals surface area (Å²) in [5, 5.41) is 9.15. The van der Waals surface area contributed by atoms with E-state index in [0.717, 1.165) is 5.56 Å². The van der Waals surface area contributed by atoms with Gasteiger partial charge in [-0.15, -0.1) is 0 Å². The Bertz CT molecular complexity index is 655. The fourth-order valence-corrected chi connectivity index (χ4v) is 2.37. The molecule has 0 amide bonds. The maximum Gasteiger partial charge on any atom is 0.336 e. The second kappa shape index (κ2) is 6.50. The standard InChI is InChI=1S/C17H18FNO2/c1-12-4-3-5-13(8-12)10-19(2)11-14-9-15(18)6-7-16(14)17(20)21/h3-9H,10-11H2,1-2H3,(H,20,21). The van der Waals surface area contributed by atoms with Crippen molar-refractivity contribution in [3.8, 4) is 0 Å². The van der Waals surface area contributed by atoms with E-state index in [0.29, 0.717) is 18.7 Å². The Morgan fingerprint density at radius 3 is 2.62 bits per heavy atom. The monoisotopic (exact) mass is 287 g/mol. The molecule has 0 bridgehead atoms. The fraction of sp³-hybridized carbons (Fsp3) is 0.235. The smallest absolute Gasteiger partial charge is 0.336 e. The molecule has 2 aromatic carbocycles. The van der Waals surface area contributed by atoms with E-state index in [1.807, 2.05) is 37.1 Å². The van der Waals surface area contributed by atoms with Crippen molar-refractivity contribution in [2.24, 2.45) is 0 Å². The zero-order valence-electron chi connectivity index (χ0n) is 12.1. The van der Waals surface area contributed by atoms with E-state index in [-0.39, 0.29) is 5.56 Å². The van der Waals surface area contributed by atoms with Crippen LogP contribution >= 0.6 is 0 Å². The maximum absolute atomic E-state index is 13.3. The van der Waals surface area contributed by atoms with Crippen molar-refractivity contribution in [3.63, 3.8) is 0 Å². The molecule has 0 aliphatic rings. The Morgan fingerprint density at radius 2 is 1.95 bits per heavy atom. The van der Waals surface area contributed by atoms with Crippen molar-refractivity contribution in [1.82, 2.24) is 4.90 Å². The van der Waals surface area contributed by atoms with Crippen molar-refractivity contribution in [2.75, 3.05) is 7.05 Å². The van der Waals surface area contributed by atoms with Gasteiger partial charge >= 0.3 is 5.97 Å². The van der Waals surface area contributed by atoms with Crippen molar-refractivity contribution < 1.29 is 14.3 Å². The number of hydrogen-bond acceptors (Lipinski definition) is 2. The first kappa shape index (κ1) is 15.2. The molecule has 110 valence electrons. The van der Waals surface area contributed by atoms with E-state index in [2.05, 4.69) is 6.07 Å². The van der Waals surface area contributed by atoms with Crippen molar-refractivity contribution in [3.05, 3.63) is 70.5 Å². The number of carbonyl (C=O) groups is 1. The van der Waals surface area contributed by atoms with E-state index in [1.54, 1.807) is 0 Å². The van der Waals surface area contributed by atoms with E-state index in [4.69, 9.17) is 5.11 Å². The van der Waals surface area contributed by atoms with Crippen LogP contribution in [0.15, 0.2) is 42.5 Å². The van der Waals surface area contributed by atoms with Crippen molar-refractivity contribution in [1.29, 1.82) is 0 Å². The lowest BCUT2D eigenvalue weighted by Gasteiger charge is -2.18. The SMILES string of the molecule is Cc1cccc(CN(C)Cc2cc(F)ccc2C(=O)O)c1. The van der Waals surface area contributed by atoms with Gasteiger partial charge in [-0.2, -0.15) is 0 Å². The Labute approximate surface area is 123 Å². The van der Waals surface area contributed by atoms with Gasteiger partial charge in [0, 0.05) is 13.1 Å². The number of halogens is 1. The number of carboxylic acid groups (broad SMARTS) is 1. The van der Waals surface area contributed by atoms with Gasteiger partial charge in [-0.1, -0.05) is 29.8 Å². The van der Waals surface area contributed by atoms with Gasteiger partial charge in [0.2, 0.25) is 0 Å². The number of benzene rings is 2. The molecule has 0 saturated heterocycles. The topological polar surface area (TPSA) is 40.5 Å². The lowest BCUT2D eigenvalue weighted by molar-refractivity contribution is 0.0694. The first-order valence-electron chi connectivity index (χ1n) is 6.71. The number of carboxylic acids is 1. The third-order valence-electron chi connectivity index (χ3n) is 3.27. The van der Waals surface area contributed by atoms with E-state index < -0.39 is 11.8 Å². The van der Waals surface area contributed by atoms with Crippen LogP contribution in [0.5, 0.6) is 0 Å². The number of rotatable bonds is 5. The minimum Gasteiger partial charge on any atom is -0.478 e. The quantitative estimate of drug-likeness (QED) is 0.915. The van der Waals surface area contributed by atoms with E-state index in [9.17, 15) is 9.18 Å². The van der Waals surface area contributed by atoms with E-state index in [1.165, 1.54) is 23.8 Å². The molecule has 0 spiro atoms. The van der Waals surface area contributed by atoms with Crippen LogP contribution in [0, 0.1) is 12.7 Å². The highest BCUT2D eigenvalue weighted by atomic mass is 19.1.